The van der Waals surface area contributed by atoms with Crippen LogP contribution in [0.3, 0.4) is 0 Å². The van der Waals surface area contributed by atoms with E-state index in [1.165, 1.54) is 146 Å². The normalized spacial score (nSPS) is 19.1. The zero-order valence-electron chi connectivity index (χ0n) is 25.5. The van der Waals surface area contributed by atoms with Crippen LogP contribution in [0.1, 0.15) is 131 Å². The van der Waals surface area contributed by atoms with Crippen molar-refractivity contribution in [3.8, 4) is 33.4 Å². The Kier molecular flexibility index (Phi) is 8.59. The monoisotopic (exact) mass is 552 g/mol. The molecule has 0 spiro atoms. The molecular weight excluding hydrogens is 504 g/mol. The highest BCUT2D eigenvalue weighted by Crippen LogP contribution is 2.39. The minimum Gasteiger partial charge on any atom is -0.0581 e. The molecule has 0 atom stereocenters. The van der Waals surface area contributed by atoms with Gasteiger partial charge in [-0.1, -0.05) is 131 Å². The van der Waals surface area contributed by atoms with Crippen LogP contribution in [0.4, 0.5) is 0 Å². The highest BCUT2D eigenvalue weighted by molar-refractivity contribution is 5.81. The maximum atomic E-state index is 2.42. The van der Waals surface area contributed by atoms with E-state index >= 15 is 0 Å². The largest absolute Gasteiger partial charge is 0.0581 e. The van der Waals surface area contributed by atoms with Crippen LogP contribution in [0.25, 0.3) is 33.4 Å². The molecule has 0 aliphatic heterocycles. The highest BCUT2D eigenvalue weighted by atomic mass is 14.2. The summed E-state index contributed by atoms with van der Waals surface area (Å²) in [5.74, 6) is 2.25. The third-order valence-corrected chi connectivity index (χ3v) is 10.9. The van der Waals surface area contributed by atoms with Crippen LogP contribution in [0, 0.1) is 0 Å². The molecule has 0 bridgehead atoms. The summed E-state index contributed by atoms with van der Waals surface area (Å²) >= 11 is 0. The van der Waals surface area contributed by atoms with Crippen LogP contribution < -0.4 is 0 Å². The molecule has 0 amide bonds. The van der Waals surface area contributed by atoms with E-state index in [4.69, 9.17) is 0 Å². The van der Waals surface area contributed by atoms with Crippen LogP contribution in [0.2, 0.25) is 0 Å². The fourth-order valence-corrected chi connectivity index (χ4v) is 8.28. The van der Waals surface area contributed by atoms with Crippen molar-refractivity contribution in [2.45, 2.75) is 114 Å². The number of benzene rings is 4. The fraction of sp³-hybridized carbons (Fsp3) is 0.429. The molecule has 3 aliphatic carbocycles. The first-order chi connectivity index (χ1) is 20.8. The van der Waals surface area contributed by atoms with E-state index in [1.54, 1.807) is 0 Å². The molecule has 0 N–H and O–H groups in total. The van der Waals surface area contributed by atoms with Gasteiger partial charge in [-0.25, -0.2) is 0 Å². The van der Waals surface area contributed by atoms with Crippen molar-refractivity contribution in [2.24, 2.45) is 0 Å². The third kappa shape index (κ3) is 6.29. The van der Waals surface area contributed by atoms with Gasteiger partial charge in [0.05, 0.1) is 0 Å². The van der Waals surface area contributed by atoms with Crippen molar-refractivity contribution >= 4 is 0 Å². The average Bonchev–Trinajstić information content (AvgIpc) is 3.09. The molecule has 7 rings (SSSR count). The van der Waals surface area contributed by atoms with E-state index in [0.29, 0.717) is 0 Å². The smallest absolute Gasteiger partial charge is 0.0162 e. The minimum absolute atomic E-state index is 0.750. The van der Waals surface area contributed by atoms with Crippen molar-refractivity contribution in [1.29, 1.82) is 0 Å². The van der Waals surface area contributed by atoms with Crippen LogP contribution in [0.5, 0.6) is 0 Å². The Hall–Kier alpha value is -3.12. The van der Waals surface area contributed by atoms with Gasteiger partial charge in [0.2, 0.25) is 0 Å². The van der Waals surface area contributed by atoms with Crippen LogP contribution in [0.15, 0.2) is 91.0 Å². The second-order valence-corrected chi connectivity index (χ2v) is 13.7. The maximum absolute atomic E-state index is 2.42. The van der Waals surface area contributed by atoms with Crippen LogP contribution in [-0.4, -0.2) is 0 Å². The lowest BCUT2D eigenvalue weighted by molar-refractivity contribution is 0.443. The summed E-state index contributed by atoms with van der Waals surface area (Å²) in [4.78, 5) is 0. The predicted octanol–water partition coefficient (Wildman–Crippen LogP) is 12.8. The highest BCUT2D eigenvalue weighted by Gasteiger charge is 2.18. The molecule has 0 unspecified atom stereocenters. The Bertz CT molecular complexity index is 1230. The van der Waals surface area contributed by atoms with E-state index in [0.717, 1.165) is 17.8 Å². The quantitative estimate of drug-likeness (QED) is 0.223. The number of rotatable bonds is 6. The molecule has 4 aromatic carbocycles. The molecule has 3 aliphatic rings. The van der Waals surface area contributed by atoms with Crippen molar-refractivity contribution in [2.75, 3.05) is 0 Å². The summed E-state index contributed by atoms with van der Waals surface area (Å²) in [5, 5.41) is 0. The van der Waals surface area contributed by atoms with E-state index in [1.807, 2.05) is 0 Å². The van der Waals surface area contributed by atoms with E-state index in [2.05, 4.69) is 91.0 Å². The van der Waals surface area contributed by atoms with E-state index < -0.39 is 0 Å². The first-order valence-corrected chi connectivity index (χ1v) is 17.3. The molecule has 0 aromatic heterocycles. The minimum atomic E-state index is 0.750. The average molecular weight is 553 g/mol. The lowest BCUT2D eigenvalue weighted by Crippen LogP contribution is -2.04. The van der Waals surface area contributed by atoms with Gasteiger partial charge in [-0.2, -0.15) is 0 Å². The molecule has 0 radical (unpaired) electrons. The standard InChI is InChI=1S/C42H48/c1-4-10-31(11-5-1)34-16-22-37(23-17-34)40-28-41(38-24-18-35(19-25-38)32-12-6-2-7-13-32)30-42(29-40)39-26-20-36(21-27-39)33-14-8-3-9-15-33/h16-33H,1-15H2. The molecule has 3 fully saturated rings. The van der Waals surface area contributed by atoms with Crippen molar-refractivity contribution < 1.29 is 0 Å². The van der Waals surface area contributed by atoms with Crippen LogP contribution in [-0.2, 0) is 0 Å². The van der Waals surface area contributed by atoms with Crippen molar-refractivity contribution in [1.82, 2.24) is 0 Å². The topological polar surface area (TPSA) is 0 Å². The van der Waals surface area contributed by atoms with Gasteiger partial charge >= 0.3 is 0 Å². The first-order valence-electron chi connectivity index (χ1n) is 17.3. The summed E-state index contributed by atoms with van der Waals surface area (Å²) in [7, 11) is 0. The summed E-state index contributed by atoms with van der Waals surface area (Å²) in [6, 6.07) is 36.0. The van der Waals surface area contributed by atoms with Gasteiger partial charge < -0.3 is 0 Å². The van der Waals surface area contributed by atoms with Crippen molar-refractivity contribution in [3.05, 3.63) is 108 Å². The summed E-state index contributed by atoms with van der Waals surface area (Å²) < 4.78 is 0. The fourth-order valence-electron chi connectivity index (χ4n) is 8.28. The Morgan fingerprint density at radius 1 is 0.262 bits per heavy atom. The number of hydrogen-bond acceptors (Lipinski definition) is 0. The molecule has 4 aromatic rings. The lowest BCUT2D eigenvalue weighted by Gasteiger charge is -2.22. The van der Waals surface area contributed by atoms with Gasteiger partial charge in [0.15, 0.2) is 0 Å². The van der Waals surface area contributed by atoms with Gasteiger partial charge in [-0.05, 0) is 125 Å². The molecule has 0 saturated heterocycles. The van der Waals surface area contributed by atoms with Gasteiger partial charge in [-0.15, -0.1) is 0 Å². The van der Waals surface area contributed by atoms with Gasteiger partial charge in [0.25, 0.3) is 0 Å². The van der Waals surface area contributed by atoms with Gasteiger partial charge in [0, 0.05) is 0 Å². The molecule has 0 heterocycles. The van der Waals surface area contributed by atoms with Crippen molar-refractivity contribution in [3.63, 3.8) is 0 Å². The zero-order chi connectivity index (χ0) is 28.1. The Balaban J connectivity index is 1.22. The lowest BCUT2D eigenvalue weighted by atomic mass is 9.83. The maximum Gasteiger partial charge on any atom is -0.0162 e. The Labute approximate surface area is 254 Å². The summed E-state index contributed by atoms with van der Waals surface area (Å²) in [6.45, 7) is 0. The predicted molar refractivity (Wildman–Crippen MR) is 180 cm³/mol. The SMILES string of the molecule is c1cc(C2CCCCC2)ccc1-c1cc(-c2ccc(C3CCCCC3)cc2)cc(-c2ccc(C3CCCCC3)cc2)c1. The molecule has 216 valence electrons. The van der Waals surface area contributed by atoms with E-state index in [9.17, 15) is 0 Å². The molecule has 0 heteroatoms. The Morgan fingerprint density at radius 2 is 0.500 bits per heavy atom. The summed E-state index contributed by atoms with van der Waals surface area (Å²) in [6.07, 6.45) is 20.7. The summed E-state index contributed by atoms with van der Waals surface area (Å²) in [5.41, 5.74) is 12.6. The second-order valence-electron chi connectivity index (χ2n) is 13.7. The van der Waals surface area contributed by atoms with Gasteiger partial charge in [0.1, 0.15) is 0 Å². The second kappa shape index (κ2) is 13.0. The van der Waals surface area contributed by atoms with Gasteiger partial charge in [-0.3, -0.25) is 0 Å². The first kappa shape index (κ1) is 27.7. The molecule has 0 nitrogen and oxygen atoms in total. The molecular formula is C42H48. The van der Waals surface area contributed by atoms with Crippen LogP contribution >= 0.6 is 0 Å². The zero-order valence-corrected chi connectivity index (χ0v) is 25.5. The molecule has 42 heavy (non-hydrogen) atoms. The van der Waals surface area contributed by atoms with E-state index in [-0.39, 0.29) is 0 Å². The third-order valence-electron chi connectivity index (χ3n) is 10.9. The Morgan fingerprint density at radius 3 is 0.738 bits per heavy atom. The molecule has 3 saturated carbocycles. The number of hydrogen-bond donors (Lipinski definition) is 0.